The first-order valence-corrected chi connectivity index (χ1v) is 15.0. The van der Waals surface area contributed by atoms with Gasteiger partial charge in [0, 0.05) is 24.5 Å². The van der Waals surface area contributed by atoms with Crippen molar-refractivity contribution < 1.29 is 18.7 Å². The highest BCUT2D eigenvalue weighted by Gasteiger charge is 2.60. The number of benzene rings is 3. The van der Waals surface area contributed by atoms with Crippen LogP contribution in [0.1, 0.15) is 39.2 Å². The predicted molar refractivity (Wildman–Crippen MR) is 145 cm³/mol. The van der Waals surface area contributed by atoms with Gasteiger partial charge in [0.15, 0.2) is 0 Å². The summed E-state index contributed by atoms with van der Waals surface area (Å²) in [5, 5.41) is 12.5. The zero-order valence-corrected chi connectivity index (χ0v) is 22.5. The lowest BCUT2D eigenvalue weighted by molar-refractivity contribution is -0.0326. The molecule has 190 valence electrons. The Morgan fingerprint density at radius 2 is 1.53 bits per heavy atom. The number of rotatable bonds is 8. The topological polar surface area (TPSA) is 38.7 Å². The SMILES string of the molecule is CC(C)(C)[Si](OCC1C2CC(c3ccc(F)cc3)(CO2)C1CCO)(c1ccccc1)c1ccccc1. The number of ether oxygens (including phenoxy) is 1. The van der Waals surface area contributed by atoms with E-state index in [-0.39, 0.29) is 40.8 Å². The molecule has 1 saturated carbocycles. The number of fused-ring (bicyclic) bond motifs is 2. The Morgan fingerprint density at radius 3 is 2.06 bits per heavy atom. The van der Waals surface area contributed by atoms with Gasteiger partial charge in [0.2, 0.25) is 0 Å². The third kappa shape index (κ3) is 4.16. The molecule has 1 heterocycles. The largest absolute Gasteiger partial charge is 0.407 e. The highest BCUT2D eigenvalue weighted by Crippen LogP contribution is 2.56. The average molecular weight is 505 g/mol. The molecule has 5 rings (SSSR count). The first kappa shape index (κ1) is 25.3. The lowest BCUT2D eigenvalue weighted by Gasteiger charge is -2.45. The standard InChI is InChI=1S/C31H37FO3Si/c1-30(2,3)36(25-10-6-4-7-11-25,26-12-8-5-9-13-26)35-21-27-28(18-19-33)31(20-29(27)34-22-31)23-14-16-24(32)17-15-23/h4-17,27-29,33H,18-22H2,1-3H3. The van der Waals surface area contributed by atoms with Crippen LogP contribution in [-0.2, 0) is 14.6 Å². The molecule has 1 saturated heterocycles. The number of aliphatic hydroxyl groups excluding tert-OH is 1. The lowest BCUT2D eigenvalue weighted by atomic mass is 9.69. The normalized spacial score (nSPS) is 25.9. The summed E-state index contributed by atoms with van der Waals surface area (Å²) in [6.07, 6.45) is 1.65. The molecule has 4 atom stereocenters. The summed E-state index contributed by atoms with van der Waals surface area (Å²) in [5.74, 6) is 0.149. The number of hydrogen-bond donors (Lipinski definition) is 1. The molecule has 4 unspecified atom stereocenters. The summed E-state index contributed by atoms with van der Waals surface area (Å²) < 4.78 is 27.4. The minimum atomic E-state index is -2.68. The van der Waals surface area contributed by atoms with Gasteiger partial charge < -0.3 is 14.3 Å². The monoisotopic (exact) mass is 504 g/mol. The third-order valence-corrected chi connectivity index (χ3v) is 13.6. The molecule has 1 aliphatic heterocycles. The van der Waals surface area contributed by atoms with E-state index in [1.165, 1.54) is 10.4 Å². The van der Waals surface area contributed by atoms with Gasteiger partial charge in [-0.2, -0.15) is 0 Å². The van der Waals surface area contributed by atoms with Crippen LogP contribution in [0.2, 0.25) is 5.04 Å². The Bertz CT molecular complexity index is 1110. The first-order valence-electron chi connectivity index (χ1n) is 13.1. The van der Waals surface area contributed by atoms with E-state index in [1.807, 2.05) is 12.1 Å². The van der Waals surface area contributed by atoms with E-state index < -0.39 is 8.32 Å². The van der Waals surface area contributed by atoms with E-state index in [0.29, 0.717) is 19.6 Å². The fraction of sp³-hybridized carbons (Fsp3) is 0.419. The molecule has 5 heteroatoms. The van der Waals surface area contributed by atoms with Gasteiger partial charge in [0.1, 0.15) is 5.82 Å². The molecular weight excluding hydrogens is 467 g/mol. The molecule has 0 radical (unpaired) electrons. The highest BCUT2D eigenvalue weighted by molar-refractivity contribution is 6.99. The maximum atomic E-state index is 13.7. The molecule has 0 spiro atoms. The zero-order valence-electron chi connectivity index (χ0n) is 21.5. The van der Waals surface area contributed by atoms with E-state index in [0.717, 1.165) is 12.0 Å². The molecule has 3 aromatic rings. The van der Waals surface area contributed by atoms with Gasteiger partial charge in [-0.3, -0.25) is 0 Å². The van der Waals surface area contributed by atoms with Gasteiger partial charge >= 0.3 is 0 Å². The van der Waals surface area contributed by atoms with Crippen LogP contribution in [0.3, 0.4) is 0 Å². The molecule has 36 heavy (non-hydrogen) atoms. The molecule has 1 N–H and O–H groups in total. The van der Waals surface area contributed by atoms with Gasteiger partial charge in [-0.1, -0.05) is 93.6 Å². The van der Waals surface area contributed by atoms with Crippen LogP contribution >= 0.6 is 0 Å². The van der Waals surface area contributed by atoms with E-state index in [1.54, 1.807) is 12.1 Å². The summed E-state index contributed by atoms with van der Waals surface area (Å²) in [5.41, 5.74) is 0.901. The fourth-order valence-electron chi connectivity index (χ4n) is 6.97. The molecule has 2 bridgehead atoms. The maximum absolute atomic E-state index is 13.7. The van der Waals surface area contributed by atoms with E-state index in [2.05, 4.69) is 81.4 Å². The molecule has 0 amide bonds. The third-order valence-electron chi connectivity index (χ3n) is 8.59. The Balaban J connectivity index is 1.53. The van der Waals surface area contributed by atoms with Crippen molar-refractivity contribution in [2.45, 2.75) is 50.2 Å². The lowest BCUT2D eigenvalue weighted by Crippen LogP contribution is -2.67. The predicted octanol–water partition coefficient (Wildman–Crippen LogP) is 5.06. The van der Waals surface area contributed by atoms with E-state index in [4.69, 9.17) is 9.16 Å². The molecule has 0 aromatic heterocycles. The van der Waals surface area contributed by atoms with Gasteiger partial charge in [0.25, 0.3) is 8.32 Å². The van der Waals surface area contributed by atoms with Crippen molar-refractivity contribution in [1.29, 1.82) is 0 Å². The Hall–Kier alpha value is -2.31. The van der Waals surface area contributed by atoms with Crippen LogP contribution in [0, 0.1) is 17.7 Å². The van der Waals surface area contributed by atoms with Crippen molar-refractivity contribution in [2.24, 2.45) is 11.8 Å². The zero-order chi connectivity index (χ0) is 25.4. The molecule has 3 aromatic carbocycles. The Kier molecular flexibility index (Phi) is 6.94. The van der Waals surface area contributed by atoms with Crippen LogP contribution in [-0.4, -0.2) is 39.3 Å². The van der Waals surface area contributed by atoms with Crippen LogP contribution in [0.25, 0.3) is 0 Å². The Labute approximate surface area is 215 Å². The highest BCUT2D eigenvalue weighted by atomic mass is 28.4. The second-order valence-corrected chi connectivity index (χ2v) is 15.8. The smallest absolute Gasteiger partial charge is 0.261 e. The summed E-state index contributed by atoms with van der Waals surface area (Å²) >= 11 is 0. The molecule has 2 fully saturated rings. The number of aliphatic hydroxyl groups is 1. The minimum Gasteiger partial charge on any atom is -0.407 e. The van der Waals surface area contributed by atoms with Crippen molar-refractivity contribution >= 4 is 18.7 Å². The second-order valence-electron chi connectivity index (χ2n) is 11.5. The van der Waals surface area contributed by atoms with Gasteiger partial charge in [-0.05, 0) is 51.9 Å². The molecule has 1 aliphatic carbocycles. The van der Waals surface area contributed by atoms with Crippen LogP contribution < -0.4 is 10.4 Å². The van der Waals surface area contributed by atoms with E-state index >= 15 is 0 Å². The Morgan fingerprint density at radius 1 is 0.944 bits per heavy atom. The quantitative estimate of drug-likeness (QED) is 0.436. The van der Waals surface area contributed by atoms with Crippen LogP contribution in [0.15, 0.2) is 84.9 Å². The van der Waals surface area contributed by atoms with Crippen molar-refractivity contribution in [2.75, 3.05) is 19.8 Å². The van der Waals surface area contributed by atoms with E-state index in [9.17, 15) is 9.50 Å². The second kappa shape index (κ2) is 9.86. The number of halogens is 1. The van der Waals surface area contributed by atoms with Gasteiger partial charge in [-0.25, -0.2) is 4.39 Å². The fourth-order valence-corrected chi connectivity index (χ4v) is 11.6. The van der Waals surface area contributed by atoms with Gasteiger partial charge in [0.05, 0.1) is 12.7 Å². The van der Waals surface area contributed by atoms with Crippen molar-refractivity contribution in [3.63, 3.8) is 0 Å². The van der Waals surface area contributed by atoms with Gasteiger partial charge in [-0.15, -0.1) is 0 Å². The molecule has 3 nitrogen and oxygen atoms in total. The van der Waals surface area contributed by atoms with Crippen molar-refractivity contribution in [3.05, 3.63) is 96.3 Å². The first-order chi connectivity index (χ1) is 17.3. The maximum Gasteiger partial charge on any atom is 0.261 e. The number of hydrogen-bond acceptors (Lipinski definition) is 3. The summed E-state index contributed by atoms with van der Waals surface area (Å²) in [6.45, 7) is 8.19. The van der Waals surface area contributed by atoms with Crippen LogP contribution in [0.5, 0.6) is 0 Å². The van der Waals surface area contributed by atoms with Crippen molar-refractivity contribution in [3.8, 4) is 0 Å². The summed E-state index contributed by atoms with van der Waals surface area (Å²) in [7, 11) is -2.68. The average Bonchev–Trinajstić information content (AvgIpc) is 3.44. The molecule has 2 aliphatic rings. The van der Waals surface area contributed by atoms with Crippen LogP contribution in [0.4, 0.5) is 4.39 Å². The summed E-state index contributed by atoms with van der Waals surface area (Å²) in [6, 6.07) is 28.3. The molecular formula is C31H37FO3Si. The minimum absolute atomic E-state index is 0.0739. The van der Waals surface area contributed by atoms with Crippen molar-refractivity contribution in [1.82, 2.24) is 0 Å². The summed E-state index contributed by atoms with van der Waals surface area (Å²) in [4.78, 5) is 0.